The molecule has 3 aromatic rings. The van der Waals surface area contributed by atoms with Crippen molar-refractivity contribution in [2.45, 2.75) is 46.1 Å². The molecule has 1 N–H and O–H groups in total. The standard InChI is InChI=1S/C21H24N4O2/c1-3-5-13-25-19(23-18(4-2)24-25)14-15-8-10-16(11-9-15)17-7-6-12-22-20(17)21(26)27/h6-12H,3-5,13-14H2,1-2H3,(H,26,27). The molecule has 2 aromatic heterocycles. The van der Waals surface area contributed by atoms with Crippen molar-refractivity contribution in [3.8, 4) is 11.1 Å². The van der Waals surface area contributed by atoms with Gasteiger partial charge in [0.1, 0.15) is 5.82 Å². The minimum Gasteiger partial charge on any atom is -0.476 e. The summed E-state index contributed by atoms with van der Waals surface area (Å²) in [6.07, 6.45) is 5.22. The molecule has 0 unspecified atom stereocenters. The third kappa shape index (κ3) is 4.39. The number of carbonyl (C=O) groups is 1. The number of carboxylic acid groups (broad SMARTS) is 1. The van der Waals surface area contributed by atoms with E-state index in [1.165, 1.54) is 6.20 Å². The van der Waals surface area contributed by atoms with E-state index in [1.807, 2.05) is 28.9 Å². The van der Waals surface area contributed by atoms with Crippen LogP contribution in [-0.2, 0) is 19.4 Å². The van der Waals surface area contributed by atoms with E-state index in [9.17, 15) is 9.90 Å². The number of aromatic carboxylic acids is 1. The van der Waals surface area contributed by atoms with Crippen molar-refractivity contribution in [1.29, 1.82) is 0 Å². The second-order valence-corrected chi connectivity index (χ2v) is 6.45. The van der Waals surface area contributed by atoms with Crippen molar-refractivity contribution < 1.29 is 9.90 Å². The topological polar surface area (TPSA) is 80.9 Å². The molecule has 1 aromatic carbocycles. The SMILES string of the molecule is CCCCn1nc(CC)nc1Cc1ccc(-c2cccnc2C(=O)O)cc1. The van der Waals surface area contributed by atoms with Crippen molar-refractivity contribution in [2.75, 3.05) is 0 Å². The van der Waals surface area contributed by atoms with Crippen molar-refractivity contribution in [3.05, 3.63) is 65.5 Å². The zero-order valence-electron chi connectivity index (χ0n) is 15.7. The van der Waals surface area contributed by atoms with Crippen LogP contribution >= 0.6 is 0 Å². The fraction of sp³-hybridized carbons (Fsp3) is 0.333. The molecule has 0 atom stereocenters. The second kappa shape index (κ2) is 8.58. The van der Waals surface area contributed by atoms with E-state index >= 15 is 0 Å². The molecule has 6 heteroatoms. The lowest BCUT2D eigenvalue weighted by Crippen LogP contribution is -2.06. The number of nitrogens with zero attached hydrogens (tertiary/aromatic N) is 4. The van der Waals surface area contributed by atoms with Gasteiger partial charge in [-0.15, -0.1) is 0 Å². The highest BCUT2D eigenvalue weighted by Crippen LogP contribution is 2.23. The smallest absolute Gasteiger partial charge is 0.355 e. The minimum absolute atomic E-state index is 0.0668. The van der Waals surface area contributed by atoms with Gasteiger partial charge < -0.3 is 5.11 Å². The summed E-state index contributed by atoms with van der Waals surface area (Å²) < 4.78 is 2.01. The van der Waals surface area contributed by atoms with Gasteiger partial charge in [-0.3, -0.25) is 0 Å². The summed E-state index contributed by atoms with van der Waals surface area (Å²) in [6, 6.07) is 11.4. The first kappa shape index (κ1) is 18.8. The molecule has 0 bridgehead atoms. The van der Waals surface area contributed by atoms with Gasteiger partial charge in [-0.1, -0.05) is 50.6 Å². The van der Waals surface area contributed by atoms with E-state index in [-0.39, 0.29) is 5.69 Å². The summed E-state index contributed by atoms with van der Waals surface area (Å²) in [5.41, 5.74) is 2.64. The number of unbranched alkanes of at least 4 members (excludes halogenated alkanes) is 1. The quantitative estimate of drug-likeness (QED) is 0.653. The number of pyridine rings is 1. The first-order valence-electron chi connectivity index (χ1n) is 9.32. The molecule has 0 spiro atoms. The average molecular weight is 364 g/mol. The molecule has 2 heterocycles. The van der Waals surface area contributed by atoms with E-state index in [4.69, 9.17) is 0 Å². The number of aromatic nitrogens is 4. The van der Waals surface area contributed by atoms with Crippen LogP contribution in [-0.4, -0.2) is 30.8 Å². The predicted octanol–water partition coefficient (Wildman–Crippen LogP) is 3.99. The third-order valence-corrected chi connectivity index (χ3v) is 4.47. The molecule has 27 heavy (non-hydrogen) atoms. The lowest BCUT2D eigenvalue weighted by Gasteiger charge is -2.08. The van der Waals surface area contributed by atoms with Crippen LogP contribution in [0.2, 0.25) is 0 Å². The maximum atomic E-state index is 11.4. The van der Waals surface area contributed by atoms with E-state index in [1.54, 1.807) is 12.1 Å². The summed E-state index contributed by atoms with van der Waals surface area (Å²) in [7, 11) is 0. The number of hydrogen-bond donors (Lipinski definition) is 1. The lowest BCUT2D eigenvalue weighted by atomic mass is 10.0. The molecule has 3 rings (SSSR count). The van der Waals surface area contributed by atoms with Crippen molar-refractivity contribution in [2.24, 2.45) is 0 Å². The normalized spacial score (nSPS) is 10.9. The minimum atomic E-state index is -1.02. The van der Waals surface area contributed by atoms with Crippen molar-refractivity contribution in [1.82, 2.24) is 19.7 Å². The summed E-state index contributed by atoms with van der Waals surface area (Å²) in [5, 5.41) is 13.9. The average Bonchev–Trinajstić information content (AvgIpc) is 3.08. The van der Waals surface area contributed by atoms with Crippen LogP contribution in [0, 0.1) is 0 Å². The van der Waals surface area contributed by atoms with Gasteiger partial charge in [0.2, 0.25) is 0 Å². The van der Waals surface area contributed by atoms with Crippen LogP contribution in [0.25, 0.3) is 11.1 Å². The summed E-state index contributed by atoms with van der Waals surface area (Å²) in [4.78, 5) is 20.0. The Labute approximate surface area is 158 Å². The summed E-state index contributed by atoms with van der Waals surface area (Å²) >= 11 is 0. The Hall–Kier alpha value is -3.02. The van der Waals surface area contributed by atoms with Gasteiger partial charge in [-0.2, -0.15) is 5.10 Å². The zero-order valence-corrected chi connectivity index (χ0v) is 15.7. The Kier molecular flexibility index (Phi) is 5.96. The molecule has 140 valence electrons. The molecule has 0 aliphatic heterocycles. The molecular weight excluding hydrogens is 340 g/mol. The van der Waals surface area contributed by atoms with Crippen LogP contribution in [0.15, 0.2) is 42.6 Å². The fourth-order valence-corrected chi connectivity index (χ4v) is 2.99. The molecule has 0 fully saturated rings. The molecule has 6 nitrogen and oxygen atoms in total. The van der Waals surface area contributed by atoms with Gasteiger partial charge in [0.25, 0.3) is 0 Å². The summed E-state index contributed by atoms with van der Waals surface area (Å²) in [5.74, 6) is 0.825. The highest BCUT2D eigenvalue weighted by molar-refractivity contribution is 5.93. The second-order valence-electron chi connectivity index (χ2n) is 6.45. The molecule has 0 saturated heterocycles. The van der Waals surface area contributed by atoms with Gasteiger partial charge in [0, 0.05) is 31.1 Å². The number of benzene rings is 1. The maximum absolute atomic E-state index is 11.4. The monoisotopic (exact) mass is 364 g/mol. The number of aryl methyl sites for hydroxylation is 2. The highest BCUT2D eigenvalue weighted by Gasteiger charge is 2.13. The van der Waals surface area contributed by atoms with Gasteiger partial charge >= 0.3 is 5.97 Å². The Morgan fingerprint density at radius 1 is 1.15 bits per heavy atom. The first-order chi connectivity index (χ1) is 13.1. The van der Waals surface area contributed by atoms with Crippen LogP contribution in [0.4, 0.5) is 0 Å². The maximum Gasteiger partial charge on any atom is 0.355 e. The Morgan fingerprint density at radius 2 is 1.93 bits per heavy atom. The lowest BCUT2D eigenvalue weighted by molar-refractivity contribution is 0.0691. The molecular formula is C21H24N4O2. The number of carboxylic acids is 1. The third-order valence-electron chi connectivity index (χ3n) is 4.47. The molecule has 0 aliphatic rings. The Bertz CT molecular complexity index is 916. The van der Waals surface area contributed by atoms with Crippen LogP contribution in [0.3, 0.4) is 0 Å². The van der Waals surface area contributed by atoms with Crippen LogP contribution < -0.4 is 0 Å². The van der Waals surface area contributed by atoms with E-state index in [2.05, 4.69) is 28.9 Å². The largest absolute Gasteiger partial charge is 0.476 e. The highest BCUT2D eigenvalue weighted by atomic mass is 16.4. The number of hydrogen-bond acceptors (Lipinski definition) is 4. The predicted molar refractivity (Wildman–Crippen MR) is 104 cm³/mol. The molecule has 0 aliphatic carbocycles. The van der Waals surface area contributed by atoms with Crippen LogP contribution in [0.1, 0.15) is 54.4 Å². The molecule has 0 amide bonds. The van der Waals surface area contributed by atoms with Crippen molar-refractivity contribution >= 4 is 5.97 Å². The van der Waals surface area contributed by atoms with Crippen molar-refractivity contribution in [3.63, 3.8) is 0 Å². The van der Waals surface area contributed by atoms with E-state index in [0.29, 0.717) is 12.0 Å². The Balaban J connectivity index is 1.83. The Morgan fingerprint density at radius 3 is 2.59 bits per heavy atom. The van der Waals surface area contributed by atoms with E-state index in [0.717, 1.165) is 48.6 Å². The van der Waals surface area contributed by atoms with Gasteiger partial charge in [-0.05, 0) is 23.6 Å². The summed E-state index contributed by atoms with van der Waals surface area (Å²) in [6.45, 7) is 5.11. The van der Waals surface area contributed by atoms with Gasteiger partial charge in [-0.25, -0.2) is 19.4 Å². The van der Waals surface area contributed by atoms with Gasteiger partial charge in [0.15, 0.2) is 11.5 Å². The van der Waals surface area contributed by atoms with Crippen LogP contribution in [0.5, 0.6) is 0 Å². The fourth-order valence-electron chi connectivity index (χ4n) is 2.99. The molecule has 0 saturated carbocycles. The van der Waals surface area contributed by atoms with Gasteiger partial charge in [0.05, 0.1) is 0 Å². The van der Waals surface area contributed by atoms with E-state index < -0.39 is 5.97 Å². The zero-order chi connectivity index (χ0) is 19.2. The number of rotatable bonds is 8. The first-order valence-corrected chi connectivity index (χ1v) is 9.32. The molecule has 0 radical (unpaired) electrons.